The van der Waals surface area contributed by atoms with E-state index in [2.05, 4.69) is 135 Å². The smallest absolute Gasteiger partial charge is 0.118 e. The number of aryl methyl sites for hydroxylation is 1. The Labute approximate surface area is 240 Å². The third-order valence-electron chi connectivity index (χ3n) is 9.20. The van der Waals surface area contributed by atoms with Crippen LogP contribution in [0.15, 0.2) is 72.8 Å². The minimum absolute atomic E-state index is 0.0777. The van der Waals surface area contributed by atoms with E-state index in [-0.39, 0.29) is 21.7 Å². The van der Waals surface area contributed by atoms with Crippen LogP contribution in [0.5, 0.6) is 5.75 Å². The number of hydrogen-bond acceptors (Lipinski definition) is 1. The van der Waals surface area contributed by atoms with Crippen molar-refractivity contribution >= 4 is 0 Å². The van der Waals surface area contributed by atoms with Gasteiger partial charge < -0.3 is 4.74 Å². The monoisotopic (exact) mass is 526 g/mol. The molecule has 0 aliphatic rings. The van der Waals surface area contributed by atoms with Crippen LogP contribution in [0.25, 0.3) is 0 Å². The summed E-state index contributed by atoms with van der Waals surface area (Å²) in [7, 11) is 1.75. The molecule has 0 saturated carbocycles. The third kappa shape index (κ3) is 8.00. The van der Waals surface area contributed by atoms with Gasteiger partial charge >= 0.3 is 0 Å². The molecule has 3 rings (SSSR count). The van der Waals surface area contributed by atoms with E-state index in [1.54, 1.807) is 7.11 Å². The SMILES string of the molecule is CCCc1ccc(C(C)(C)CCC(C)(CCC(C)(C)c2ccc(C(C)(C)C)cc2)c2ccc(OC)cc2)cc1. The largest absolute Gasteiger partial charge is 0.497 e. The number of rotatable bonds is 12. The van der Waals surface area contributed by atoms with Gasteiger partial charge in [0.15, 0.2) is 0 Å². The van der Waals surface area contributed by atoms with E-state index in [0.717, 1.165) is 37.9 Å². The first-order valence-corrected chi connectivity index (χ1v) is 15.1. The first-order chi connectivity index (χ1) is 18.2. The summed E-state index contributed by atoms with van der Waals surface area (Å²) in [5.41, 5.74) is 7.61. The maximum Gasteiger partial charge on any atom is 0.118 e. The predicted octanol–water partition coefficient (Wildman–Crippen LogP) is 10.7. The molecule has 0 aliphatic carbocycles. The molecule has 212 valence electrons. The van der Waals surface area contributed by atoms with E-state index >= 15 is 0 Å². The van der Waals surface area contributed by atoms with Crippen molar-refractivity contribution in [3.8, 4) is 5.75 Å². The standard InChI is InChI=1S/C38H54O/c1-11-12-29-13-15-31(16-14-29)36(5,6)25-27-38(9,33-21-23-34(39-10)24-22-33)28-26-37(7,8)32-19-17-30(18-20-32)35(2,3)4/h13-24H,11-12,25-28H2,1-10H3. The fourth-order valence-electron chi connectivity index (χ4n) is 5.71. The zero-order valence-electron chi connectivity index (χ0n) is 26.6. The summed E-state index contributed by atoms with van der Waals surface area (Å²) in [5, 5.41) is 0. The Morgan fingerprint density at radius 1 is 0.513 bits per heavy atom. The normalized spacial score (nSPS) is 14.2. The van der Waals surface area contributed by atoms with Gasteiger partial charge in [-0.2, -0.15) is 0 Å². The van der Waals surface area contributed by atoms with Crippen molar-refractivity contribution in [1.29, 1.82) is 0 Å². The lowest BCUT2D eigenvalue weighted by atomic mass is 9.67. The van der Waals surface area contributed by atoms with Gasteiger partial charge in [0.1, 0.15) is 5.75 Å². The van der Waals surface area contributed by atoms with Crippen LogP contribution in [0.4, 0.5) is 0 Å². The molecule has 1 unspecified atom stereocenters. The highest BCUT2D eigenvalue weighted by Gasteiger charge is 2.33. The molecule has 0 saturated heterocycles. The van der Waals surface area contributed by atoms with Crippen molar-refractivity contribution in [2.75, 3.05) is 7.11 Å². The molecule has 0 heterocycles. The molecule has 1 atom stereocenters. The second kappa shape index (κ2) is 12.3. The van der Waals surface area contributed by atoms with E-state index in [1.807, 2.05) is 0 Å². The van der Waals surface area contributed by atoms with Crippen LogP contribution < -0.4 is 4.74 Å². The Morgan fingerprint density at radius 3 is 1.33 bits per heavy atom. The number of hydrogen-bond donors (Lipinski definition) is 0. The molecule has 0 radical (unpaired) electrons. The van der Waals surface area contributed by atoms with Crippen molar-refractivity contribution in [3.05, 3.63) is 101 Å². The molecule has 0 aliphatic heterocycles. The maximum absolute atomic E-state index is 5.49. The molecule has 1 heteroatoms. The molecule has 0 aromatic heterocycles. The molecule has 0 spiro atoms. The average Bonchev–Trinajstić information content (AvgIpc) is 2.91. The zero-order valence-corrected chi connectivity index (χ0v) is 26.6. The van der Waals surface area contributed by atoms with Gasteiger partial charge in [-0.25, -0.2) is 0 Å². The fraction of sp³-hybridized carbons (Fsp3) is 0.526. The van der Waals surface area contributed by atoms with Gasteiger partial charge in [-0.1, -0.05) is 129 Å². The summed E-state index contributed by atoms with van der Waals surface area (Å²) in [6, 6.07) is 27.6. The first-order valence-electron chi connectivity index (χ1n) is 15.1. The molecule has 0 amide bonds. The minimum Gasteiger partial charge on any atom is -0.497 e. The van der Waals surface area contributed by atoms with E-state index in [1.165, 1.54) is 34.2 Å². The lowest BCUT2D eigenvalue weighted by Crippen LogP contribution is -2.30. The topological polar surface area (TPSA) is 9.23 Å². The van der Waals surface area contributed by atoms with Crippen LogP contribution in [-0.4, -0.2) is 7.11 Å². The van der Waals surface area contributed by atoms with Gasteiger partial charge in [-0.3, -0.25) is 0 Å². The second-order valence-electron chi connectivity index (χ2n) is 14.3. The van der Waals surface area contributed by atoms with Gasteiger partial charge in [0.05, 0.1) is 7.11 Å². The highest BCUT2D eigenvalue weighted by Crippen LogP contribution is 2.42. The van der Waals surface area contributed by atoms with Gasteiger partial charge in [0.25, 0.3) is 0 Å². The molecule has 0 fully saturated rings. The van der Waals surface area contributed by atoms with Crippen molar-refractivity contribution in [2.24, 2.45) is 0 Å². The van der Waals surface area contributed by atoms with Crippen LogP contribution in [0, 0.1) is 0 Å². The van der Waals surface area contributed by atoms with Crippen LogP contribution in [0.3, 0.4) is 0 Å². The number of ether oxygens (including phenoxy) is 1. The van der Waals surface area contributed by atoms with Crippen molar-refractivity contribution in [1.82, 2.24) is 0 Å². The summed E-state index contributed by atoms with van der Waals surface area (Å²) >= 11 is 0. The summed E-state index contributed by atoms with van der Waals surface area (Å²) in [6.07, 6.45) is 6.91. The fourth-order valence-corrected chi connectivity index (χ4v) is 5.71. The van der Waals surface area contributed by atoms with Gasteiger partial charge in [0.2, 0.25) is 0 Å². The lowest BCUT2D eigenvalue weighted by molar-refractivity contribution is 0.301. The highest BCUT2D eigenvalue weighted by atomic mass is 16.5. The third-order valence-corrected chi connectivity index (χ3v) is 9.20. The Morgan fingerprint density at radius 2 is 0.923 bits per heavy atom. The summed E-state index contributed by atoms with van der Waals surface area (Å²) in [4.78, 5) is 0. The van der Waals surface area contributed by atoms with E-state index < -0.39 is 0 Å². The molecular formula is C38H54O. The van der Waals surface area contributed by atoms with Crippen molar-refractivity contribution < 1.29 is 4.74 Å². The number of benzene rings is 3. The molecule has 1 nitrogen and oxygen atoms in total. The van der Waals surface area contributed by atoms with E-state index in [4.69, 9.17) is 4.74 Å². The first kappa shape index (κ1) is 31.0. The molecule has 39 heavy (non-hydrogen) atoms. The lowest BCUT2D eigenvalue weighted by Gasteiger charge is -2.38. The summed E-state index contributed by atoms with van der Waals surface area (Å²) in [5.74, 6) is 0.924. The van der Waals surface area contributed by atoms with Gasteiger partial charge in [-0.05, 0) is 93.7 Å². The molecule has 0 N–H and O–H groups in total. The summed E-state index contributed by atoms with van der Waals surface area (Å²) < 4.78 is 5.49. The molecule has 0 bridgehead atoms. The molecular weight excluding hydrogens is 472 g/mol. The quantitative estimate of drug-likeness (QED) is 0.228. The van der Waals surface area contributed by atoms with Gasteiger partial charge in [-0.15, -0.1) is 0 Å². The van der Waals surface area contributed by atoms with Crippen molar-refractivity contribution in [3.63, 3.8) is 0 Å². The van der Waals surface area contributed by atoms with Crippen LogP contribution in [0.1, 0.15) is 122 Å². The highest BCUT2D eigenvalue weighted by molar-refractivity contribution is 5.35. The maximum atomic E-state index is 5.49. The van der Waals surface area contributed by atoms with Crippen LogP contribution >= 0.6 is 0 Å². The zero-order chi connectivity index (χ0) is 28.9. The van der Waals surface area contributed by atoms with Crippen molar-refractivity contribution in [2.45, 2.75) is 122 Å². The Bertz CT molecular complexity index is 1160. The van der Waals surface area contributed by atoms with Crippen LogP contribution in [0.2, 0.25) is 0 Å². The van der Waals surface area contributed by atoms with Gasteiger partial charge in [0, 0.05) is 0 Å². The number of methoxy groups -OCH3 is 1. The minimum atomic E-state index is 0.0777. The Kier molecular flexibility index (Phi) is 9.79. The molecule has 3 aromatic carbocycles. The second-order valence-corrected chi connectivity index (χ2v) is 14.3. The Balaban J connectivity index is 1.83. The van der Waals surface area contributed by atoms with E-state index in [0.29, 0.717) is 0 Å². The average molecular weight is 527 g/mol. The predicted molar refractivity (Wildman–Crippen MR) is 170 cm³/mol. The Hall–Kier alpha value is -2.54. The van der Waals surface area contributed by atoms with E-state index in [9.17, 15) is 0 Å². The molecule has 3 aromatic rings. The summed E-state index contributed by atoms with van der Waals surface area (Å²) in [6.45, 7) is 21.2. The van der Waals surface area contributed by atoms with Crippen LogP contribution in [-0.2, 0) is 28.1 Å².